The van der Waals surface area contributed by atoms with E-state index < -0.39 is 15.4 Å². The number of ether oxygens (including phenoxy) is 1. The number of rotatable bonds is 5. The maximum atomic E-state index is 12.0. The van der Waals surface area contributed by atoms with Gasteiger partial charge in [0.15, 0.2) is 0 Å². The fourth-order valence-electron chi connectivity index (χ4n) is 2.28. The van der Waals surface area contributed by atoms with E-state index in [0.29, 0.717) is 19.5 Å². The molecule has 0 radical (unpaired) electrons. The van der Waals surface area contributed by atoms with E-state index in [-0.39, 0.29) is 17.9 Å². The van der Waals surface area contributed by atoms with Crippen molar-refractivity contribution >= 4 is 15.9 Å². The van der Waals surface area contributed by atoms with Crippen molar-refractivity contribution in [3.8, 4) is 0 Å². The Morgan fingerprint density at radius 3 is 2.62 bits per heavy atom. The minimum atomic E-state index is -2.90. The Morgan fingerprint density at radius 2 is 2.05 bits per heavy atom. The number of carbonyl (C=O) groups is 1. The lowest BCUT2D eigenvalue weighted by atomic mass is 10.1. The van der Waals surface area contributed by atoms with Crippen LogP contribution in [0.4, 0.5) is 4.79 Å². The second kappa shape index (κ2) is 7.45. The highest BCUT2D eigenvalue weighted by Crippen LogP contribution is 2.15. The van der Waals surface area contributed by atoms with Crippen LogP contribution in [0.2, 0.25) is 0 Å². The average Bonchev–Trinajstić information content (AvgIpc) is 2.32. The molecule has 0 saturated carbocycles. The Kier molecular flexibility index (Phi) is 6.46. The quantitative estimate of drug-likeness (QED) is 0.775. The van der Waals surface area contributed by atoms with E-state index in [4.69, 9.17) is 4.74 Å². The van der Waals surface area contributed by atoms with E-state index in [1.165, 1.54) is 6.26 Å². The SMILES string of the molecule is CC(C)(C)OC(=O)N1CCCC(NCCCS(C)(=O)=O)C1. The van der Waals surface area contributed by atoms with Crippen LogP contribution in [0, 0.1) is 0 Å². The molecule has 1 aliphatic rings. The van der Waals surface area contributed by atoms with E-state index in [1.807, 2.05) is 20.8 Å². The zero-order valence-electron chi connectivity index (χ0n) is 13.5. The van der Waals surface area contributed by atoms with Crippen molar-refractivity contribution in [3.05, 3.63) is 0 Å². The maximum Gasteiger partial charge on any atom is 0.410 e. The Bertz CT molecular complexity index is 442. The first-order valence-electron chi connectivity index (χ1n) is 7.46. The molecule has 1 unspecified atom stereocenters. The predicted octanol–water partition coefficient (Wildman–Crippen LogP) is 1.41. The third-order valence-electron chi connectivity index (χ3n) is 3.20. The van der Waals surface area contributed by atoms with Gasteiger partial charge in [-0.25, -0.2) is 13.2 Å². The first-order valence-corrected chi connectivity index (χ1v) is 9.52. The van der Waals surface area contributed by atoms with Gasteiger partial charge in [0.1, 0.15) is 15.4 Å². The second-order valence-corrected chi connectivity index (χ2v) is 8.96. The van der Waals surface area contributed by atoms with Gasteiger partial charge in [-0.05, 0) is 46.6 Å². The van der Waals surface area contributed by atoms with Gasteiger partial charge >= 0.3 is 6.09 Å². The molecule has 1 amide bonds. The molecule has 21 heavy (non-hydrogen) atoms. The molecule has 1 fully saturated rings. The lowest BCUT2D eigenvalue weighted by Gasteiger charge is -2.34. The molecular formula is C14H28N2O4S. The summed E-state index contributed by atoms with van der Waals surface area (Å²) in [4.78, 5) is 13.7. The number of hydrogen-bond acceptors (Lipinski definition) is 5. The third kappa shape index (κ3) is 8.26. The monoisotopic (exact) mass is 320 g/mol. The van der Waals surface area contributed by atoms with Crippen molar-refractivity contribution < 1.29 is 17.9 Å². The zero-order chi connectivity index (χ0) is 16.1. The van der Waals surface area contributed by atoms with Gasteiger partial charge in [-0.15, -0.1) is 0 Å². The summed E-state index contributed by atoms with van der Waals surface area (Å²) in [6.07, 6.45) is 3.51. The summed E-state index contributed by atoms with van der Waals surface area (Å²) in [5.41, 5.74) is -0.479. The highest BCUT2D eigenvalue weighted by Gasteiger charge is 2.27. The molecule has 1 rings (SSSR count). The highest BCUT2D eigenvalue weighted by atomic mass is 32.2. The number of sulfone groups is 1. The topological polar surface area (TPSA) is 75.7 Å². The number of carbonyl (C=O) groups excluding carboxylic acids is 1. The third-order valence-corrected chi connectivity index (χ3v) is 4.23. The van der Waals surface area contributed by atoms with Crippen molar-refractivity contribution in [2.24, 2.45) is 0 Å². The van der Waals surface area contributed by atoms with Crippen molar-refractivity contribution in [1.82, 2.24) is 10.2 Å². The molecule has 1 heterocycles. The Hall–Kier alpha value is -0.820. The molecule has 0 aromatic carbocycles. The smallest absolute Gasteiger partial charge is 0.410 e. The molecule has 0 aliphatic carbocycles. The van der Waals surface area contributed by atoms with Gasteiger partial charge in [-0.2, -0.15) is 0 Å². The van der Waals surface area contributed by atoms with E-state index in [0.717, 1.165) is 19.4 Å². The van der Waals surface area contributed by atoms with Gasteiger partial charge in [0.25, 0.3) is 0 Å². The molecule has 1 atom stereocenters. The van der Waals surface area contributed by atoms with Crippen molar-refractivity contribution in [1.29, 1.82) is 0 Å². The molecule has 0 bridgehead atoms. The lowest BCUT2D eigenvalue weighted by molar-refractivity contribution is 0.0188. The first kappa shape index (κ1) is 18.2. The number of nitrogens with zero attached hydrogens (tertiary/aromatic N) is 1. The molecule has 1 aliphatic heterocycles. The summed E-state index contributed by atoms with van der Waals surface area (Å²) in [5.74, 6) is 0.197. The molecule has 0 spiro atoms. The minimum absolute atomic E-state index is 0.197. The molecule has 0 aromatic heterocycles. The number of nitrogens with one attached hydrogen (secondary N) is 1. The van der Waals surface area contributed by atoms with E-state index in [2.05, 4.69) is 5.32 Å². The molecule has 1 N–H and O–H groups in total. The number of amides is 1. The predicted molar refractivity (Wildman–Crippen MR) is 83.2 cm³/mol. The number of likely N-dealkylation sites (tertiary alicyclic amines) is 1. The lowest BCUT2D eigenvalue weighted by Crippen LogP contribution is -2.49. The molecule has 7 heteroatoms. The van der Waals surface area contributed by atoms with Crippen molar-refractivity contribution in [2.75, 3.05) is 31.6 Å². The normalized spacial score (nSPS) is 20.4. The summed E-state index contributed by atoms with van der Waals surface area (Å²) in [5, 5.41) is 3.33. The van der Waals surface area contributed by atoms with Gasteiger partial charge in [-0.3, -0.25) is 0 Å². The molecule has 6 nitrogen and oxygen atoms in total. The highest BCUT2D eigenvalue weighted by molar-refractivity contribution is 7.90. The second-order valence-electron chi connectivity index (χ2n) is 6.70. The molecular weight excluding hydrogens is 292 g/mol. The molecule has 124 valence electrons. The van der Waals surface area contributed by atoms with Gasteiger partial charge in [0.2, 0.25) is 0 Å². The van der Waals surface area contributed by atoms with Crippen LogP contribution in [-0.4, -0.2) is 62.7 Å². The Labute approximate surface area is 128 Å². The Balaban J connectivity index is 2.33. The number of piperidine rings is 1. The van der Waals surface area contributed by atoms with Crippen LogP contribution in [0.25, 0.3) is 0 Å². The van der Waals surface area contributed by atoms with Crippen LogP contribution < -0.4 is 5.32 Å². The van der Waals surface area contributed by atoms with Crippen molar-refractivity contribution in [2.45, 2.75) is 51.7 Å². The largest absolute Gasteiger partial charge is 0.444 e. The van der Waals surface area contributed by atoms with Crippen LogP contribution in [0.1, 0.15) is 40.0 Å². The number of hydrogen-bond donors (Lipinski definition) is 1. The van der Waals surface area contributed by atoms with E-state index in [9.17, 15) is 13.2 Å². The van der Waals surface area contributed by atoms with Gasteiger partial charge in [-0.1, -0.05) is 0 Å². The van der Waals surface area contributed by atoms with Crippen LogP contribution in [0.15, 0.2) is 0 Å². The molecule has 1 saturated heterocycles. The van der Waals surface area contributed by atoms with E-state index in [1.54, 1.807) is 4.90 Å². The summed E-state index contributed by atoms with van der Waals surface area (Å²) in [7, 11) is -2.90. The van der Waals surface area contributed by atoms with Crippen LogP contribution in [0.3, 0.4) is 0 Å². The van der Waals surface area contributed by atoms with Crippen LogP contribution in [0.5, 0.6) is 0 Å². The van der Waals surface area contributed by atoms with Gasteiger partial charge in [0, 0.05) is 25.4 Å². The first-order chi connectivity index (χ1) is 9.57. The average molecular weight is 320 g/mol. The van der Waals surface area contributed by atoms with Crippen molar-refractivity contribution in [3.63, 3.8) is 0 Å². The minimum Gasteiger partial charge on any atom is -0.444 e. The van der Waals surface area contributed by atoms with Gasteiger partial charge < -0.3 is 15.0 Å². The standard InChI is InChI=1S/C14H28N2O4S/c1-14(2,3)20-13(17)16-9-5-7-12(11-16)15-8-6-10-21(4,18)19/h12,15H,5-11H2,1-4H3. The summed E-state index contributed by atoms with van der Waals surface area (Å²) in [6, 6.07) is 0.214. The Morgan fingerprint density at radius 1 is 1.38 bits per heavy atom. The fraction of sp³-hybridized carbons (Fsp3) is 0.929. The summed E-state index contributed by atoms with van der Waals surface area (Å²) < 4.78 is 27.5. The van der Waals surface area contributed by atoms with Gasteiger partial charge in [0.05, 0.1) is 5.75 Å². The van der Waals surface area contributed by atoms with Crippen LogP contribution >= 0.6 is 0 Å². The van der Waals surface area contributed by atoms with E-state index >= 15 is 0 Å². The van der Waals surface area contributed by atoms with Crippen LogP contribution in [-0.2, 0) is 14.6 Å². The molecule has 0 aromatic rings. The zero-order valence-corrected chi connectivity index (χ0v) is 14.3. The summed E-state index contributed by atoms with van der Waals surface area (Å²) in [6.45, 7) is 7.56. The maximum absolute atomic E-state index is 12.0. The fourth-order valence-corrected chi connectivity index (χ4v) is 2.95. The summed E-state index contributed by atoms with van der Waals surface area (Å²) >= 11 is 0.